The Labute approximate surface area is 134 Å². The lowest BCUT2D eigenvalue weighted by Gasteiger charge is -2.13. The van der Waals surface area contributed by atoms with E-state index in [1.165, 1.54) is 12.1 Å². The van der Waals surface area contributed by atoms with Gasteiger partial charge in [0.15, 0.2) is 0 Å². The van der Waals surface area contributed by atoms with Crippen molar-refractivity contribution in [3.8, 4) is 0 Å². The molecular weight excluding hydrogens is 314 g/mol. The molecule has 0 radical (unpaired) electrons. The van der Waals surface area contributed by atoms with Crippen LogP contribution in [-0.2, 0) is 4.84 Å². The molecule has 1 aliphatic rings. The number of nitrogens with zero attached hydrogens (tertiary/aromatic N) is 4. The first-order valence-electron chi connectivity index (χ1n) is 6.92. The van der Waals surface area contributed by atoms with Crippen LogP contribution in [0.15, 0.2) is 48.5 Å². The van der Waals surface area contributed by atoms with Crippen molar-refractivity contribution in [2.24, 2.45) is 0 Å². The van der Waals surface area contributed by atoms with Gasteiger partial charge in [0.05, 0.1) is 11.1 Å². The molecule has 118 valence electrons. The number of hydrogen-bond donors (Lipinski definition) is 1. The largest absolute Gasteiger partial charge is 0.452 e. The Morgan fingerprint density at radius 3 is 2.29 bits per heavy atom. The van der Waals surface area contributed by atoms with Gasteiger partial charge in [0.2, 0.25) is 0 Å². The molecular formula is C15H9N5O4. The number of aromatic nitrogens is 3. The zero-order chi connectivity index (χ0) is 16.7. The molecule has 9 heteroatoms. The Morgan fingerprint density at radius 2 is 1.58 bits per heavy atom. The average molecular weight is 323 g/mol. The van der Waals surface area contributed by atoms with Gasteiger partial charge in [0, 0.05) is 0 Å². The second-order valence-corrected chi connectivity index (χ2v) is 4.93. The lowest BCUT2D eigenvalue weighted by atomic mass is 10.1. The second kappa shape index (κ2) is 5.16. The average Bonchev–Trinajstić information content (AvgIpc) is 3.11. The molecule has 2 heterocycles. The summed E-state index contributed by atoms with van der Waals surface area (Å²) < 4.78 is 0. The summed E-state index contributed by atoms with van der Waals surface area (Å²) in [4.78, 5) is 42.2. The first kappa shape index (κ1) is 13.9. The highest BCUT2D eigenvalue weighted by Crippen LogP contribution is 2.22. The minimum absolute atomic E-state index is 0.182. The summed E-state index contributed by atoms with van der Waals surface area (Å²) in [6, 6.07) is 13.2. The van der Waals surface area contributed by atoms with Crippen LogP contribution in [0.2, 0.25) is 0 Å². The number of rotatable bonds is 2. The zero-order valence-corrected chi connectivity index (χ0v) is 12.0. The van der Waals surface area contributed by atoms with Crippen LogP contribution in [0, 0.1) is 0 Å². The molecule has 9 nitrogen and oxygen atoms in total. The van der Waals surface area contributed by atoms with Crippen LogP contribution in [0.25, 0.3) is 11.0 Å². The van der Waals surface area contributed by atoms with Gasteiger partial charge in [-0.05, 0) is 29.5 Å². The molecule has 3 amide bonds. The fraction of sp³-hybridized carbons (Fsp3) is 0. The molecule has 24 heavy (non-hydrogen) atoms. The number of hydrogen-bond acceptors (Lipinski definition) is 6. The molecule has 0 fully saturated rings. The summed E-state index contributed by atoms with van der Waals surface area (Å²) in [5.41, 5.74) is 3.77. The summed E-state index contributed by atoms with van der Waals surface area (Å²) in [7, 11) is 0. The molecule has 0 spiro atoms. The number of amides is 3. The van der Waals surface area contributed by atoms with Crippen LogP contribution in [0.4, 0.5) is 4.79 Å². The third kappa shape index (κ3) is 2.07. The van der Waals surface area contributed by atoms with Crippen LogP contribution >= 0.6 is 0 Å². The topological polar surface area (TPSA) is 106 Å². The van der Waals surface area contributed by atoms with E-state index in [2.05, 4.69) is 15.7 Å². The molecule has 0 saturated carbocycles. The summed E-state index contributed by atoms with van der Waals surface area (Å²) in [5, 5.41) is 8.03. The van der Waals surface area contributed by atoms with Crippen LogP contribution in [0.1, 0.15) is 20.7 Å². The van der Waals surface area contributed by atoms with Crippen molar-refractivity contribution in [3.05, 3.63) is 59.7 Å². The summed E-state index contributed by atoms with van der Waals surface area (Å²) in [5.74, 6) is -1.40. The number of carbonyl (C=O) groups excluding carboxylic acids is 3. The monoisotopic (exact) mass is 323 g/mol. The van der Waals surface area contributed by atoms with Crippen LogP contribution < -0.4 is 5.43 Å². The molecule has 0 atom stereocenters. The van der Waals surface area contributed by atoms with Gasteiger partial charge in [-0.15, -0.1) is 9.89 Å². The maximum Gasteiger partial charge on any atom is 0.452 e. The molecule has 1 N–H and O–H groups in total. The summed E-state index contributed by atoms with van der Waals surface area (Å²) in [6.07, 6.45) is -1.04. The molecule has 3 aromatic rings. The number of benzene rings is 2. The summed E-state index contributed by atoms with van der Waals surface area (Å²) >= 11 is 0. The second-order valence-electron chi connectivity index (χ2n) is 4.93. The predicted molar refractivity (Wildman–Crippen MR) is 80.3 cm³/mol. The van der Waals surface area contributed by atoms with Crippen molar-refractivity contribution in [2.75, 3.05) is 5.43 Å². The van der Waals surface area contributed by atoms with Gasteiger partial charge in [-0.3, -0.25) is 9.59 Å². The van der Waals surface area contributed by atoms with E-state index in [0.717, 1.165) is 4.79 Å². The van der Waals surface area contributed by atoms with Gasteiger partial charge in [-0.2, -0.15) is 0 Å². The van der Waals surface area contributed by atoms with E-state index in [0.29, 0.717) is 16.1 Å². The summed E-state index contributed by atoms with van der Waals surface area (Å²) in [6.45, 7) is 0. The van der Waals surface area contributed by atoms with Gasteiger partial charge in [-0.25, -0.2) is 10.2 Å². The standard InChI is InChI=1S/C15H9N5O4/c21-13-9-5-1-2-6-10(9)14(22)19(13)24-15(23)17-20-12-8-4-3-7-11(12)16-18-20/h1-8H,(H,17,23). The molecule has 0 saturated heterocycles. The van der Waals surface area contributed by atoms with E-state index in [-0.39, 0.29) is 11.1 Å². The molecule has 0 bridgehead atoms. The van der Waals surface area contributed by atoms with Gasteiger partial charge in [0.1, 0.15) is 11.0 Å². The number of imide groups is 1. The Morgan fingerprint density at radius 1 is 0.958 bits per heavy atom. The quantitative estimate of drug-likeness (QED) is 0.713. The first-order valence-corrected chi connectivity index (χ1v) is 6.92. The SMILES string of the molecule is O=C(Nn1nnc2ccccc21)ON1C(=O)c2ccccc2C1=O. The highest BCUT2D eigenvalue weighted by molar-refractivity contribution is 6.20. The van der Waals surface area contributed by atoms with E-state index in [1.54, 1.807) is 36.4 Å². The van der Waals surface area contributed by atoms with E-state index in [9.17, 15) is 14.4 Å². The Balaban J connectivity index is 1.53. The predicted octanol–water partition coefficient (Wildman–Crippen LogP) is 1.32. The molecule has 0 aliphatic carbocycles. The van der Waals surface area contributed by atoms with Crippen LogP contribution in [0.3, 0.4) is 0 Å². The van der Waals surface area contributed by atoms with E-state index < -0.39 is 17.9 Å². The maximum absolute atomic E-state index is 12.1. The van der Waals surface area contributed by atoms with E-state index in [4.69, 9.17) is 4.84 Å². The highest BCUT2D eigenvalue weighted by atomic mass is 16.7. The van der Waals surface area contributed by atoms with Crippen molar-refractivity contribution >= 4 is 28.9 Å². The minimum Gasteiger partial charge on any atom is -0.309 e. The lowest BCUT2D eigenvalue weighted by molar-refractivity contribution is -0.0408. The normalized spacial score (nSPS) is 13.2. The lowest BCUT2D eigenvalue weighted by Crippen LogP contribution is -2.37. The third-order valence-electron chi connectivity index (χ3n) is 3.48. The van der Waals surface area contributed by atoms with Gasteiger partial charge in [0.25, 0.3) is 11.8 Å². The Hall–Kier alpha value is -3.75. The van der Waals surface area contributed by atoms with Crippen molar-refractivity contribution in [3.63, 3.8) is 0 Å². The van der Waals surface area contributed by atoms with Gasteiger partial charge in [-0.1, -0.05) is 29.3 Å². The Kier molecular flexibility index (Phi) is 2.98. The molecule has 2 aromatic carbocycles. The van der Waals surface area contributed by atoms with Crippen molar-refractivity contribution < 1.29 is 19.2 Å². The molecule has 0 unspecified atom stereocenters. The van der Waals surface area contributed by atoms with Crippen LogP contribution in [0.5, 0.6) is 0 Å². The molecule has 4 rings (SSSR count). The fourth-order valence-corrected chi connectivity index (χ4v) is 2.39. The number of hydroxylamine groups is 2. The van der Waals surface area contributed by atoms with Crippen molar-refractivity contribution in [1.82, 2.24) is 20.2 Å². The molecule has 1 aromatic heterocycles. The highest BCUT2D eigenvalue weighted by Gasteiger charge is 2.38. The van der Waals surface area contributed by atoms with E-state index in [1.807, 2.05) is 0 Å². The number of carbonyl (C=O) groups is 3. The first-order chi connectivity index (χ1) is 11.6. The zero-order valence-electron chi connectivity index (χ0n) is 12.0. The number of para-hydroxylation sites is 1. The van der Waals surface area contributed by atoms with Crippen molar-refractivity contribution in [1.29, 1.82) is 0 Å². The fourth-order valence-electron chi connectivity index (χ4n) is 2.39. The smallest absolute Gasteiger partial charge is 0.309 e. The maximum atomic E-state index is 12.1. The third-order valence-corrected chi connectivity index (χ3v) is 3.48. The minimum atomic E-state index is -1.04. The van der Waals surface area contributed by atoms with Crippen LogP contribution in [-0.4, -0.2) is 38.1 Å². The van der Waals surface area contributed by atoms with Crippen molar-refractivity contribution in [2.45, 2.75) is 0 Å². The van der Waals surface area contributed by atoms with Gasteiger partial charge < -0.3 is 4.84 Å². The Bertz CT molecular complexity index is 961. The molecule has 1 aliphatic heterocycles. The van der Waals surface area contributed by atoms with Gasteiger partial charge >= 0.3 is 6.09 Å². The number of fused-ring (bicyclic) bond motifs is 2. The number of nitrogens with one attached hydrogen (secondary N) is 1. The van der Waals surface area contributed by atoms with E-state index >= 15 is 0 Å².